The lowest BCUT2D eigenvalue weighted by Crippen LogP contribution is -2.38. The van der Waals surface area contributed by atoms with Crippen LogP contribution in [0.5, 0.6) is 0 Å². The molecule has 1 saturated heterocycles. The first kappa shape index (κ1) is 18.6. The van der Waals surface area contributed by atoms with Crippen LogP contribution in [0.3, 0.4) is 0 Å². The lowest BCUT2D eigenvalue weighted by atomic mass is 9.89. The van der Waals surface area contributed by atoms with Crippen LogP contribution in [0.25, 0.3) is 22.2 Å². The van der Waals surface area contributed by atoms with Gasteiger partial charge in [-0.1, -0.05) is 36.4 Å². The Morgan fingerprint density at radius 3 is 2.83 bits per heavy atom. The van der Waals surface area contributed by atoms with Crippen molar-refractivity contribution in [3.8, 4) is 11.5 Å². The Kier molecular flexibility index (Phi) is 5.07. The number of Topliss-reactive ketones (excluding diaryl/α,β-unsaturated/α-hetero) is 1. The first-order chi connectivity index (χ1) is 14.8. The van der Waals surface area contributed by atoms with Crippen LogP contribution >= 0.6 is 0 Å². The maximum Gasteiger partial charge on any atom is 0.249 e. The molecule has 0 spiro atoms. The van der Waals surface area contributed by atoms with Gasteiger partial charge in [-0.15, -0.1) is 10.2 Å². The number of rotatable bonds is 5. The largest absolute Gasteiger partial charge is 0.419 e. The van der Waals surface area contributed by atoms with E-state index in [4.69, 9.17) is 4.42 Å². The number of carbonyl (C=O) groups is 1. The summed E-state index contributed by atoms with van der Waals surface area (Å²) in [6.07, 6.45) is 5.30. The van der Waals surface area contributed by atoms with Gasteiger partial charge in [-0.05, 0) is 48.4 Å². The molecule has 0 aliphatic carbocycles. The minimum absolute atomic E-state index is 0.0133. The summed E-state index contributed by atoms with van der Waals surface area (Å²) in [4.78, 5) is 19.5. The van der Waals surface area contributed by atoms with Crippen molar-refractivity contribution in [2.45, 2.75) is 19.4 Å². The first-order valence-corrected chi connectivity index (χ1v) is 10.2. The summed E-state index contributed by atoms with van der Waals surface area (Å²) in [6, 6.07) is 17.8. The Hall–Kier alpha value is -3.38. The predicted octanol–water partition coefficient (Wildman–Crippen LogP) is 4.38. The minimum Gasteiger partial charge on any atom is -0.419 e. The first-order valence-electron chi connectivity index (χ1n) is 10.2. The van der Waals surface area contributed by atoms with E-state index >= 15 is 0 Å². The summed E-state index contributed by atoms with van der Waals surface area (Å²) in [5, 5.41) is 10.6. The highest BCUT2D eigenvalue weighted by Crippen LogP contribution is 2.25. The molecule has 2 aromatic carbocycles. The van der Waals surface area contributed by atoms with Crippen molar-refractivity contribution < 1.29 is 9.21 Å². The van der Waals surface area contributed by atoms with Crippen molar-refractivity contribution >= 4 is 16.6 Å². The normalized spacial score (nSPS) is 17.3. The van der Waals surface area contributed by atoms with Gasteiger partial charge in [-0.3, -0.25) is 14.7 Å². The number of nitrogens with zero attached hydrogens (tertiary/aromatic N) is 4. The smallest absolute Gasteiger partial charge is 0.249 e. The van der Waals surface area contributed by atoms with Gasteiger partial charge in [0.1, 0.15) is 0 Å². The summed E-state index contributed by atoms with van der Waals surface area (Å²) in [5.74, 6) is 1.24. The lowest BCUT2D eigenvalue weighted by Gasteiger charge is -2.31. The summed E-state index contributed by atoms with van der Waals surface area (Å²) >= 11 is 0. The van der Waals surface area contributed by atoms with Crippen molar-refractivity contribution in [2.75, 3.05) is 13.1 Å². The molecule has 3 heterocycles. The van der Waals surface area contributed by atoms with Crippen LogP contribution < -0.4 is 0 Å². The highest BCUT2D eigenvalue weighted by Gasteiger charge is 2.27. The Bertz CT molecular complexity index is 1170. The van der Waals surface area contributed by atoms with E-state index in [1.807, 2.05) is 42.5 Å². The monoisotopic (exact) mass is 398 g/mol. The fraction of sp³-hybridized carbons (Fsp3) is 0.250. The molecular formula is C24H22N4O2. The molecule has 4 aromatic rings. The molecular weight excluding hydrogens is 376 g/mol. The van der Waals surface area contributed by atoms with Gasteiger partial charge >= 0.3 is 0 Å². The molecule has 1 aliphatic heterocycles. The topological polar surface area (TPSA) is 72.1 Å². The number of likely N-dealkylation sites (tertiary alicyclic amines) is 1. The SMILES string of the molecule is O=C(c1ccc2ccccc2c1)[C@H]1CCCN(Cc2nnc(-c3cccnc3)o2)C1. The lowest BCUT2D eigenvalue weighted by molar-refractivity contribution is 0.0800. The number of fused-ring (bicyclic) bond motifs is 1. The van der Waals surface area contributed by atoms with E-state index in [1.54, 1.807) is 12.4 Å². The second kappa shape index (κ2) is 8.16. The quantitative estimate of drug-likeness (QED) is 0.465. The number of hydrogen-bond donors (Lipinski definition) is 0. The minimum atomic E-state index is -0.0133. The van der Waals surface area contributed by atoms with E-state index < -0.39 is 0 Å². The second-order valence-electron chi connectivity index (χ2n) is 7.74. The molecule has 0 N–H and O–H groups in total. The molecule has 0 amide bonds. The average molecular weight is 398 g/mol. The number of benzene rings is 2. The molecule has 0 bridgehead atoms. The van der Waals surface area contributed by atoms with Crippen LogP contribution in [-0.4, -0.2) is 39.0 Å². The summed E-state index contributed by atoms with van der Waals surface area (Å²) in [5.41, 5.74) is 1.59. The van der Waals surface area contributed by atoms with E-state index in [2.05, 4.69) is 32.2 Å². The molecule has 0 saturated carbocycles. The van der Waals surface area contributed by atoms with Crippen molar-refractivity contribution in [1.82, 2.24) is 20.1 Å². The standard InChI is InChI=1S/C24H22N4O2/c29-23(19-10-9-17-5-1-2-6-18(17)13-19)21-8-4-12-28(15-21)16-22-26-27-24(30-22)20-7-3-11-25-14-20/h1-3,5-7,9-11,13-14,21H,4,8,12,15-16H2/t21-/m0/s1. The Labute approximate surface area is 174 Å². The fourth-order valence-corrected chi connectivity index (χ4v) is 4.11. The van der Waals surface area contributed by atoms with Gasteiger partial charge in [0.25, 0.3) is 0 Å². The zero-order chi connectivity index (χ0) is 20.3. The van der Waals surface area contributed by atoms with Gasteiger partial charge in [-0.2, -0.15) is 0 Å². The van der Waals surface area contributed by atoms with Crippen LogP contribution in [0, 0.1) is 5.92 Å². The number of piperidine rings is 1. The molecule has 0 radical (unpaired) electrons. The highest BCUT2D eigenvalue weighted by molar-refractivity contribution is 6.01. The molecule has 1 atom stereocenters. The van der Waals surface area contributed by atoms with Crippen LogP contribution in [0.4, 0.5) is 0 Å². The molecule has 6 nitrogen and oxygen atoms in total. The molecule has 1 fully saturated rings. The van der Waals surface area contributed by atoms with Crippen LogP contribution in [-0.2, 0) is 6.54 Å². The third-order valence-corrected chi connectivity index (χ3v) is 5.64. The number of ketones is 1. The zero-order valence-electron chi connectivity index (χ0n) is 16.6. The van der Waals surface area contributed by atoms with Crippen molar-refractivity contribution in [1.29, 1.82) is 0 Å². The van der Waals surface area contributed by atoms with Crippen LogP contribution in [0.2, 0.25) is 0 Å². The molecule has 5 rings (SSSR count). The third kappa shape index (κ3) is 3.86. The Morgan fingerprint density at radius 2 is 1.97 bits per heavy atom. The van der Waals surface area contributed by atoms with Crippen LogP contribution in [0.1, 0.15) is 29.1 Å². The number of aromatic nitrogens is 3. The van der Waals surface area contributed by atoms with E-state index in [-0.39, 0.29) is 11.7 Å². The van der Waals surface area contributed by atoms with Crippen LogP contribution in [0.15, 0.2) is 71.4 Å². The van der Waals surface area contributed by atoms with E-state index in [1.165, 1.54) is 0 Å². The molecule has 150 valence electrons. The molecule has 1 aliphatic rings. The number of pyridine rings is 1. The number of hydrogen-bond acceptors (Lipinski definition) is 6. The van der Waals surface area contributed by atoms with Gasteiger partial charge in [0, 0.05) is 30.4 Å². The third-order valence-electron chi connectivity index (χ3n) is 5.64. The van der Waals surface area contributed by atoms with Crippen molar-refractivity contribution in [3.63, 3.8) is 0 Å². The molecule has 6 heteroatoms. The Balaban J connectivity index is 1.27. The maximum absolute atomic E-state index is 13.1. The van der Waals surface area contributed by atoms with Gasteiger partial charge in [0.2, 0.25) is 11.8 Å². The van der Waals surface area contributed by atoms with Gasteiger partial charge in [-0.25, -0.2) is 0 Å². The van der Waals surface area contributed by atoms with Gasteiger partial charge in [0.15, 0.2) is 5.78 Å². The maximum atomic E-state index is 13.1. The van der Waals surface area contributed by atoms with Crippen molar-refractivity contribution in [3.05, 3.63) is 78.4 Å². The molecule has 0 unspecified atom stereocenters. The number of carbonyl (C=O) groups excluding carboxylic acids is 1. The summed E-state index contributed by atoms with van der Waals surface area (Å²) < 4.78 is 5.81. The second-order valence-corrected chi connectivity index (χ2v) is 7.74. The highest BCUT2D eigenvalue weighted by atomic mass is 16.4. The molecule has 30 heavy (non-hydrogen) atoms. The van der Waals surface area contributed by atoms with E-state index in [0.717, 1.165) is 41.3 Å². The van der Waals surface area contributed by atoms with Gasteiger partial charge < -0.3 is 4.42 Å². The molecule has 2 aromatic heterocycles. The summed E-state index contributed by atoms with van der Waals surface area (Å²) in [6.45, 7) is 2.18. The predicted molar refractivity (Wildman–Crippen MR) is 114 cm³/mol. The van der Waals surface area contributed by atoms with E-state index in [0.29, 0.717) is 24.9 Å². The van der Waals surface area contributed by atoms with E-state index in [9.17, 15) is 4.79 Å². The Morgan fingerprint density at radius 1 is 1.07 bits per heavy atom. The average Bonchev–Trinajstić information content (AvgIpc) is 3.27. The van der Waals surface area contributed by atoms with Crippen molar-refractivity contribution in [2.24, 2.45) is 5.92 Å². The summed E-state index contributed by atoms with van der Waals surface area (Å²) in [7, 11) is 0. The van der Waals surface area contributed by atoms with Gasteiger partial charge in [0.05, 0.1) is 12.1 Å². The fourth-order valence-electron chi connectivity index (χ4n) is 4.11. The zero-order valence-corrected chi connectivity index (χ0v) is 16.6.